The van der Waals surface area contributed by atoms with Crippen molar-refractivity contribution < 1.29 is 9.18 Å². The zero-order valence-corrected chi connectivity index (χ0v) is 19.9. The van der Waals surface area contributed by atoms with Crippen molar-refractivity contribution in [1.29, 1.82) is 5.26 Å². The van der Waals surface area contributed by atoms with Gasteiger partial charge in [0.05, 0.1) is 23.6 Å². The maximum absolute atomic E-state index is 13.3. The van der Waals surface area contributed by atoms with E-state index < -0.39 is 5.82 Å². The molecule has 0 unspecified atom stereocenters. The number of thiophene rings is 1. The van der Waals surface area contributed by atoms with Crippen LogP contribution in [0.5, 0.6) is 0 Å². The first-order chi connectivity index (χ1) is 15.3. The van der Waals surface area contributed by atoms with Gasteiger partial charge in [-0.1, -0.05) is 32.0 Å². The Labute approximate surface area is 194 Å². The zero-order chi connectivity index (χ0) is 23.3. The van der Waals surface area contributed by atoms with Crippen LogP contribution in [0.2, 0.25) is 0 Å². The number of nitrogens with zero attached hydrogens (tertiary/aromatic N) is 3. The molecule has 3 aromatic rings. The second kappa shape index (κ2) is 10.7. The lowest BCUT2D eigenvalue weighted by molar-refractivity contribution is -0.116. The van der Waals surface area contributed by atoms with E-state index in [0.717, 1.165) is 35.0 Å². The smallest absolute Gasteiger partial charge is 0.260 e. The summed E-state index contributed by atoms with van der Waals surface area (Å²) in [4.78, 5) is 36.3. The van der Waals surface area contributed by atoms with Crippen LogP contribution in [0.25, 0.3) is 10.2 Å². The average molecular weight is 473 g/mol. The van der Waals surface area contributed by atoms with E-state index in [0.29, 0.717) is 27.0 Å². The van der Waals surface area contributed by atoms with Gasteiger partial charge in [-0.15, -0.1) is 11.3 Å². The quantitative estimate of drug-likeness (QED) is 0.347. The molecule has 9 heteroatoms. The highest BCUT2D eigenvalue weighted by Crippen LogP contribution is 2.30. The van der Waals surface area contributed by atoms with Crippen molar-refractivity contribution in [2.75, 3.05) is 17.2 Å². The molecular weight excluding hydrogens is 447 g/mol. The highest BCUT2D eigenvalue weighted by molar-refractivity contribution is 7.99. The lowest BCUT2D eigenvalue weighted by Crippen LogP contribution is -2.33. The molecule has 0 saturated carbocycles. The normalized spacial score (nSPS) is 12.0. The summed E-state index contributed by atoms with van der Waals surface area (Å²) in [5.41, 5.74) is 1.39. The van der Waals surface area contributed by atoms with Gasteiger partial charge < -0.3 is 9.88 Å². The second-order valence-corrected chi connectivity index (χ2v) is 9.79. The highest BCUT2D eigenvalue weighted by Gasteiger charge is 2.19. The van der Waals surface area contributed by atoms with E-state index in [1.54, 1.807) is 0 Å². The van der Waals surface area contributed by atoms with Crippen LogP contribution in [0.3, 0.4) is 0 Å². The maximum atomic E-state index is 13.3. The minimum atomic E-state index is -0.398. The van der Waals surface area contributed by atoms with Gasteiger partial charge in [0.15, 0.2) is 5.16 Å². The zero-order valence-electron chi connectivity index (χ0n) is 18.3. The number of aryl methyl sites for hydroxylation is 1. The minimum absolute atomic E-state index is 0.0291. The van der Waals surface area contributed by atoms with Crippen LogP contribution >= 0.6 is 23.1 Å². The number of carbonyl (C=O) groups excluding carboxylic acids is 1. The fourth-order valence-corrected chi connectivity index (χ4v) is 5.20. The minimum Gasteiger partial charge on any atom is -0.311 e. The van der Waals surface area contributed by atoms with Crippen molar-refractivity contribution in [3.8, 4) is 6.07 Å². The Morgan fingerprint density at radius 3 is 2.75 bits per heavy atom. The van der Waals surface area contributed by atoms with Crippen LogP contribution < -0.4 is 10.5 Å². The van der Waals surface area contributed by atoms with E-state index >= 15 is 0 Å². The number of H-pyrrole nitrogens is 1. The number of aromatic amines is 1. The van der Waals surface area contributed by atoms with Crippen molar-refractivity contribution >= 4 is 44.9 Å². The third-order valence-corrected chi connectivity index (χ3v) is 7.21. The van der Waals surface area contributed by atoms with Crippen LogP contribution in [0, 0.1) is 30.0 Å². The molecule has 0 aliphatic heterocycles. The first kappa shape index (κ1) is 24.0. The van der Waals surface area contributed by atoms with E-state index in [1.807, 2.05) is 13.0 Å². The largest absolute Gasteiger partial charge is 0.311 e. The number of anilines is 1. The molecule has 0 bridgehead atoms. The molecule has 0 spiro atoms. The van der Waals surface area contributed by atoms with E-state index in [2.05, 4.69) is 23.8 Å². The molecule has 1 atom stereocenters. The number of thioether (sulfide) groups is 1. The van der Waals surface area contributed by atoms with Crippen LogP contribution in [0.1, 0.15) is 37.1 Å². The number of hydrogen-bond acceptors (Lipinski definition) is 6. The van der Waals surface area contributed by atoms with Crippen molar-refractivity contribution in [3.63, 3.8) is 0 Å². The Morgan fingerprint density at radius 2 is 2.09 bits per heavy atom. The molecule has 1 amide bonds. The number of carbonyl (C=O) groups is 1. The summed E-state index contributed by atoms with van der Waals surface area (Å²) >= 11 is 2.64. The summed E-state index contributed by atoms with van der Waals surface area (Å²) in [6, 6.07) is 7.60. The molecule has 0 fully saturated rings. The number of fused-ring (bicyclic) bond motifs is 1. The molecule has 2 heterocycles. The number of halogens is 1. The number of amides is 1. The Hall–Kier alpha value is -2.70. The third-order valence-electron chi connectivity index (χ3n) is 5.31. The van der Waals surface area contributed by atoms with Gasteiger partial charge in [0.2, 0.25) is 5.91 Å². The van der Waals surface area contributed by atoms with Crippen molar-refractivity contribution in [2.45, 2.75) is 45.2 Å². The summed E-state index contributed by atoms with van der Waals surface area (Å²) in [6.45, 7) is 6.51. The van der Waals surface area contributed by atoms with Crippen molar-refractivity contribution in [3.05, 3.63) is 50.9 Å². The molecule has 0 aliphatic rings. The molecule has 0 radical (unpaired) electrons. The standard InChI is InChI=1S/C23H25FN4O2S2/c1-4-14(2)12-18-15(3)32-22-20(18)21(30)26-23(27-22)31-13-19(29)28(11-5-10-25)17-8-6-16(24)7-9-17/h6-9,14H,4-5,11-13H2,1-3H3,(H,26,27,30)/t14-/m1/s1. The Kier molecular flexibility index (Phi) is 8.04. The Morgan fingerprint density at radius 1 is 1.38 bits per heavy atom. The lowest BCUT2D eigenvalue weighted by atomic mass is 9.98. The van der Waals surface area contributed by atoms with Gasteiger partial charge in [0, 0.05) is 17.1 Å². The topological polar surface area (TPSA) is 89.8 Å². The number of nitriles is 1. The molecule has 6 nitrogen and oxygen atoms in total. The highest BCUT2D eigenvalue weighted by atomic mass is 32.2. The third kappa shape index (κ3) is 5.56. The summed E-state index contributed by atoms with van der Waals surface area (Å²) < 4.78 is 13.3. The fourth-order valence-electron chi connectivity index (χ4n) is 3.35. The number of hydrogen-bond donors (Lipinski definition) is 1. The van der Waals surface area contributed by atoms with E-state index in [9.17, 15) is 14.0 Å². The monoisotopic (exact) mass is 472 g/mol. The summed E-state index contributed by atoms with van der Waals surface area (Å²) in [6.07, 6.45) is 2.03. The molecule has 2 aromatic heterocycles. The van der Waals surface area contributed by atoms with Crippen LogP contribution in [-0.4, -0.2) is 28.2 Å². The SMILES string of the molecule is CC[C@@H](C)Cc1c(C)sc2nc(SCC(=O)N(CCC#N)c3ccc(F)cc3)[nH]c(=O)c12. The van der Waals surface area contributed by atoms with Crippen LogP contribution in [0.4, 0.5) is 10.1 Å². The average Bonchev–Trinajstić information content (AvgIpc) is 3.08. The Bertz CT molecular complexity index is 1200. The van der Waals surface area contributed by atoms with E-state index in [1.165, 1.54) is 40.5 Å². The maximum Gasteiger partial charge on any atom is 0.260 e. The van der Waals surface area contributed by atoms with Crippen molar-refractivity contribution in [1.82, 2.24) is 9.97 Å². The fraction of sp³-hybridized carbons (Fsp3) is 0.391. The molecule has 1 N–H and O–H groups in total. The van der Waals surface area contributed by atoms with Crippen molar-refractivity contribution in [2.24, 2.45) is 5.92 Å². The Balaban J connectivity index is 1.79. The van der Waals surface area contributed by atoms with Gasteiger partial charge in [-0.25, -0.2) is 9.37 Å². The predicted octanol–water partition coefficient (Wildman–Crippen LogP) is 5.06. The van der Waals surface area contributed by atoms with E-state index in [-0.39, 0.29) is 30.2 Å². The van der Waals surface area contributed by atoms with Gasteiger partial charge in [0.1, 0.15) is 10.6 Å². The molecule has 1 aromatic carbocycles. The summed E-state index contributed by atoms with van der Waals surface area (Å²) in [5, 5.41) is 9.94. The number of nitrogens with one attached hydrogen (secondary N) is 1. The van der Waals surface area contributed by atoms with Crippen LogP contribution in [-0.2, 0) is 11.2 Å². The second-order valence-electron chi connectivity index (χ2n) is 7.62. The first-order valence-electron chi connectivity index (χ1n) is 10.4. The summed E-state index contributed by atoms with van der Waals surface area (Å²) in [7, 11) is 0. The first-order valence-corrected chi connectivity index (χ1v) is 12.2. The number of benzene rings is 1. The molecule has 0 aliphatic carbocycles. The van der Waals surface area contributed by atoms with E-state index in [4.69, 9.17) is 5.26 Å². The lowest BCUT2D eigenvalue weighted by Gasteiger charge is -2.21. The number of rotatable bonds is 9. The molecular formula is C23H25FN4O2S2. The predicted molar refractivity (Wildman–Crippen MR) is 128 cm³/mol. The van der Waals surface area contributed by atoms with Gasteiger partial charge in [-0.2, -0.15) is 5.26 Å². The van der Waals surface area contributed by atoms with Gasteiger partial charge in [0.25, 0.3) is 5.56 Å². The van der Waals surface area contributed by atoms with Gasteiger partial charge in [-0.05, 0) is 49.1 Å². The molecule has 32 heavy (non-hydrogen) atoms. The van der Waals surface area contributed by atoms with Crippen LogP contribution in [0.15, 0.2) is 34.2 Å². The van der Waals surface area contributed by atoms with Gasteiger partial charge in [-0.3, -0.25) is 9.59 Å². The summed E-state index contributed by atoms with van der Waals surface area (Å²) in [5.74, 6) is -0.144. The molecule has 3 rings (SSSR count). The molecule has 0 saturated heterocycles. The van der Waals surface area contributed by atoms with Gasteiger partial charge >= 0.3 is 0 Å². The molecule has 168 valence electrons. The number of aromatic nitrogens is 2.